The van der Waals surface area contributed by atoms with Crippen LogP contribution in [0.3, 0.4) is 0 Å². The van der Waals surface area contributed by atoms with Crippen LogP contribution in [0.1, 0.15) is 46.9 Å². The lowest BCUT2D eigenvalue weighted by molar-refractivity contribution is 0.0732. The minimum atomic E-state index is 0.196. The fraction of sp³-hybridized carbons (Fsp3) is 0.478. The molecule has 6 nitrogen and oxygen atoms in total. The van der Waals surface area contributed by atoms with Crippen molar-refractivity contribution in [2.24, 2.45) is 7.05 Å². The zero-order valence-electron chi connectivity index (χ0n) is 17.0. The first-order valence-corrected chi connectivity index (χ1v) is 10.7. The molecular weight excluding hydrogens is 364 g/mol. The van der Waals surface area contributed by atoms with Gasteiger partial charge in [0.2, 0.25) is 0 Å². The van der Waals surface area contributed by atoms with Crippen LogP contribution < -0.4 is 0 Å². The lowest BCUT2D eigenvalue weighted by Crippen LogP contribution is -2.41. The molecule has 1 aromatic carbocycles. The molecule has 0 saturated carbocycles. The van der Waals surface area contributed by atoms with E-state index >= 15 is 0 Å². The van der Waals surface area contributed by atoms with Gasteiger partial charge in [-0.15, -0.1) is 0 Å². The van der Waals surface area contributed by atoms with Crippen LogP contribution in [-0.2, 0) is 13.5 Å². The largest absolute Gasteiger partial charge is 0.356 e. The molecule has 0 spiro atoms. The normalized spacial score (nSPS) is 18.9. The number of hydrogen-bond donors (Lipinski definition) is 0. The number of piperidine rings is 1. The van der Waals surface area contributed by atoms with E-state index in [2.05, 4.69) is 26.8 Å². The second-order valence-corrected chi connectivity index (χ2v) is 8.36. The highest BCUT2D eigenvalue weighted by atomic mass is 16.5. The van der Waals surface area contributed by atoms with Crippen molar-refractivity contribution in [2.45, 2.75) is 31.6 Å². The molecule has 1 amide bonds. The van der Waals surface area contributed by atoms with Gasteiger partial charge in [0, 0.05) is 49.9 Å². The minimum Gasteiger partial charge on any atom is -0.356 e. The van der Waals surface area contributed by atoms with Crippen molar-refractivity contribution in [1.82, 2.24) is 19.5 Å². The average Bonchev–Trinajstić information content (AvgIpc) is 3.30. The first-order chi connectivity index (χ1) is 14.2. The fourth-order valence-electron chi connectivity index (χ4n) is 4.88. The Labute approximate surface area is 171 Å². The Kier molecular flexibility index (Phi) is 4.87. The van der Waals surface area contributed by atoms with E-state index in [1.807, 2.05) is 36.3 Å². The topological polar surface area (TPSA) is 54.5 Å². The molecule has 1 fully saturated rings. The van der Waals surface area contributed by atoms with E-state index in [0.29, 0.717) is 5.92 Å². The molecule has 1 saturated heterocycles. The van der Waals surface area contributed by atoms with Gasteiger partial charge in [-0.3, -0.25) is 4.79 Å². The van der Waals surface area contributed by atoms with Crippen LogP contribution in [0.2, 0.25) is 0 Å². The van der Waals surface area contributed by atoms with Crippen molar-refractivity contribution in [3.63, 3.8) is 0 Å². The number of rotatable bonds is 4. The van der Waals surface area contributed by atoms with Gasteiger partial charge < -0.3 is 18.9 Å². The molecule has 0 N–H and O–H groups in total. The van der Waals surface area contributed by atoms with E-state index in [-0.39, 0.29) is 5.91 Å². The first kappa shape index (κ1) is 18.4. The molecule has 0 radical (unpaired) electrons. The number of likely N-dealkylation sites (tertiary alicyclic amines) is 1. The van der Waals surface area contributed by atoms with Crippen molar-refractivity contribution in [3.8, 4) is 0 Å². The molecule has 2 aliphatic rings. The van der Waals surface area contributed by atoms with Crippen LogP contribution >= 0.6 is 0 Å². The van der Waals surface area contributed by atoms with Gasteiger partial charge >= 0.3 is 0 Å². The molecule has 0 bridgehead atoms. The second kappa shape index (κ2) is 7.67. The molecule has 3 aromatic rings. The zero-order chi connectivity index (χ0) is 19.8. The summed E-state index contributed by atoms with van der Waals surface area (Å²) in [6, 6.07) is 10.1. The summed E-state index contributed by atoms with van der Waals surface area (Å²) in [4.78, 5) is 17.5. The Morgan fingerprint density at radius 1 is 1.10 bits per heavy atom. The van der Waals surface area contributed by atoms with Crippen molar-refractivity contribution in [2.75, 3.05) is 32.7 Å². The molecule has 4 heterocycles. The maximum atomic E-state index is 12.9. The van der Waals surface area contributed by atoms with Crippen LogP contribution in [0.25, 0.3) is 11.0 Å². The molecule has 0 unspecified atom stereocenters. The summed E-state index contributed by atoms with van der Waals surface area (Å²) in [5.41, 5.74) is 4.06. The van der Waals surface area contributed by atoms with E-state index in [1.54, 1.807) is 0 Å². The van der Waals surface area contributed by atoms with Gasteiger partial charge in [0.15, 0.2) is 5.58 Å². The van der Waals surface area contributed by atoms with Gasteiger partial charge in [-0.05, 0) is 57.0 Å². The Balaban J connectivity index is 1.18. The summed E-state index contributed by atoms with van der Waals surface area (Å²) >= 11 is 0. The highest BCUT2D eigenvalue weighted by molar-refractivity contribution is 5.95. The number of aromatic nitrogens is 2. The number of benzene rings is 1. The van der Waals surface area contributed by atoms with E-state index < -0.39 is 0 Å². The number of nitrogens with zero attached hydrogens (tertiary/aromatic N) is 4. The van der Waals surface area contributed by atoms with Crippen LogP contribution in [0.15, 0.2) is 41.1 Å². The number of fused-ring (bicyclic) bond motifs is 2. The predicted molar refractivity (Wildman–Crippen MR) is 112 cm³/mol. The van der Waals surface area contributed by atoms with Gasteiger partial charge in [0.05, 0.1) is 11.3 Å². The monoisotopic (exact) mass is 392 g/mol. The van der Waals surface area contributed by atoms with Crippen molar-refractivity contribution in [3.05, 3.63) is 53.5 Å². The number of hydrogen-bond acceptors (Lipinski definition) is 4. The molecule has 152 valence electrons. The Bertz CT molecular complexity index is 1010. The molecule has 0 aliphatic carbocycles. The maximum absolute atomic E-state index is 12.9. The van der Waals surface area contributed by atoms with Crippen LogP contribution in [0.4, 0.5) is 0 Å². The third-order valence-electron chi connectivity index (χ3n) is 6.63. The summed E-state index contributed by atoms with van der Waals surface area (Å²) in [5, 5.41) is 5.51. The number of amides is 1. The summed E-state index contributed by atoms with van der Waals surface area (Å²) in [7, 11) is 2.03. The fourth-order valence-corrected chi connectivity index (χ4v) is 4.88. The summed E-state index contributed by atoms with van der Waals surface area (Å²) in [6.07, 6.45) is 6.21. The number of aryl methyl sites for hydroxylation is 1. The quantitative estimate of drug-likeness (QED) is 0.683. The van der Waals surface area contributed by atoms with E-state index in [4.69, 9.17) is 4.52 Å². The number of para-hydroxylation sites is 1. The van der Waals surface area contributed by atoms with Crippen LogP contribution in [0, 0.1) is 0 Å². The Hall–Kier alpha value is -2.60. The first-order valence-electron chi connectivity index (χ1n) is 10.7. The molecule has 5 rings (SSSR count). The third kappa shape index (κ3) is 3.46. The zero-order valence-corrected chi connectivity index (χ0v) is 17.0. The number of carbonyl (C=O) groups excluding carboxylic acids is 1. The molecule has 29 heavy (non-hydrogen) atoms. The molecule has 2 aliphatic heterocycles. The smallest absolute Gasteiger partial charge is 0.255 e. The summed E-state index contributed by atoms with van der Waals surface area (Å²) < 4.78 is 7.59. The molecule has 0 atom stereocenters. The molecular formula is C23H28N4O2. The predicted octanol–water partition coefficient (Wildman–Crippen LogP) is 3.43. The minimum absolute atomic E-state index is 0.196. The van der Waals surface area contributed by atoms with Crippen molar-refractivity contribution >= 4 is 16.9 Å². The Morgan fingerprint density at radius 2 is 1.93 bits per heavy atom. The Morgan fingerprint density at radius 3 is 2.79 bits per heavy atom. The van der Waals surface area contributed by atoms with Crippen molar-refractivity contribution < 1.29 is 9.32 Å². The van der Waals surface area contributed by atoms with Gasteiger partial charge in [-0.2, -0.15) is 0 Å². The van der Waals surface area contributed by atoms with Gasteiger partial charge in [-0.25, -0.2) is 0 Å². The van der Waals surface area contributed by atoms with E-state index in [9.17, 15) is 4.79 Å². The standard InChI is InChI=1S/C23H28N4O2/c1-25-12-10-18-20(25)6-4-11-27(23(18)28)16-15-26-13-8-17(9-14-26)22-19-5-2-3-7-21(19)29-24-22/h2-3,5,7,10,12,17H,4,6,8-9,11,13-16H2,1H3. The lowest BCUT2D eigenvalue weighted by atomic mass is 9.91. The number of carbonyl (C=O) groups is 1. The van der Waals surface area contributed by atoms with Crippen LogP contribution in [-0.4, -0.2) is 58.2 Å². The second-order valence-electron chi connectivity index (χ2n) is 8.36. The van der Waals surface area contributed by atoms with Gasteiger partial charge in [0.25, 0.3) is 5.91 Å². The highest BCUT2D eigenvalue weighted by Gasteiger charge is 2.27. The SMILES string of the molecule is Cn1ccc2c1CCCN(CCN1CCC(c3noc4ccccc34)CC1)C2=O. The van der Waals surface area contributed by atoms with Crippen molar-refractivity contribution in [1.29, 1.82) is 0 Å². The van der Waals surface area contributed by atoms with Crippen LogP contribution in [0.5, 0.6) is 0 Å². The lowest BCUT2D eigenvalue weighted by Gasteiger charge is -2.32. The van der Waals surface area contributed by atoms with E-state index in [1.165, 1.54) is 5.69 Å². The third-order valence-corrected chi connectivity index (χ3v) is 6.63. The summed E-state index contributed by atoms with van der Waals surface area (Å²) in [6.45, 7) is 4.70. The summed E-state index contributed by atoms with van der Waals surface area (Å²) in [5.74, 6) is 0.656. The average molecular weight is 393 g/mol. The molecule has 6 heteroatoms. The molecule has 2 aromatic heterocycles. The maximum Gasteiger partial charge on any atom is 0.255 e. The van der Waals surface area contributed by atoms with E-state index in [0.717, 1.165) is 80.6 Å². The van der Waals surface area contributed by atoms with Gasteiger partial charge in [-0.1, -0.05) is 17.3 Å². The van der Waals surface area contributed by atoms with Gasteiger partial charge in [0.1, 0.15) is 0 Å². The highest BCUT2D eigenvalue weighted by Crippen LogP contribution is 2.32.